The van der Waals surface area contributed by atoms with Gasteiger partial charge in [-0.25, -0.2) is 0 Å². The Labute approximate surface area is 201 Å². The molecule has 6 heteroatoms. The van der Waals surface area contributed by atoms with E-state index in [9.17, 15) is 0 Å². The minimum atomic E-state index is -0.313. The van der Waals surface area contributed by atoms with Crippen LogP contribution in [0.4, 0.5) is 11.4 Å². The highest BCUT2D eigenvalue weighted by Gasteiger charge is 2.39. The van der Waals surface area contributed by atoms with Crippen molar-refractivity contribution in [3.63, 3.8) is 0 Å². The van der Waals surface area contributed by atoms with Crippen molar-refractivity contribution in [3.05, 3.63) is 82.7 Å². The fraction of sp³-hybridized carbons (Fsp3) is 0.357. The summed E-state index contributed by atoms with van der Waals surface area (Å²) in [6.07, 6.45) is 7.67. The third kappa shape index (κ3) is 3.87. The molecule has 1 aromatic heterocycles. The second-order valence-electron chi connectivity index (χ2n) is 9.77. The molecule has 0 spiro atoms. The molecule has 1 heterocycles. The highest BCUT2D eigenvalue weighted by atomic mass is 16.6. The molecule has 0 saturated heterocycles. The lowest BCUT2D eigenvalue weighted by Crippen LogP contribution is -2.31. The molecule has 0 atom stereocenters. The summed E-state index contributed by atoms with van der Waals surface area (Å²) in [6, 6.07) is 17.7. The Balaban J connectivity index is 1.65. The molecule has 0 radical (unpaired) electrons. The molecule has 1 saturated carbocycles. The van der Waals surface area contributed by atoms with E-state index in [1.54, 1.807) is 7.11 Å². The molecule has 6 nitrogen and oxygen atoms in total. The van der Waals surface area contributed by atoms with Gasteiger partial charge in [-0.3, -0.25) is 5.10 Å². The maximum atomic E-state index is 5.17. The Bertz CT molecular complexity index is 1200. The van der Waals surface area contributed by atoms with Crippen LogP contribution in [-0.4, -0.2) is 51.2 Å². The maximum Gasteiger partial charge on any atom is 0.117 e. The number of nitrogens with one attached hydrogen (secondary N) is 1. The maximum absolute atomic E-state index is 5.17. The fourth-order valence-electron chi connectivity index (χ4n) is 4.91. The van der Waals surface area contributed by atoms with Gasteiger partial charge in [-0.1, -0.05) is 41.6 Å². The second-order valence-corrected chi connectivity index (χ2v) is 9.77. The number of benzene rings is 2. The van der Waals surface area contributed by atoms with Crippen LogP contribution >= 0.6 is 0 Å². The van der Waals surface area contributed by atoms with Gasteiger partial charge in [-0.15, -0.1) is 0 Å². The Morgan fingerprint density at radius 1 is 1.00 bits per heavy atom. The van der Waals surface area contributed by atoms with E-state index < -0.39 is 0 Å². The zero-order valence-corrected chi connectivity index (χ0v) is 20.7. The van der Waals surface area contributed by atoms with Gasteiger partial charge in [0.1, 0.15) is 18.5 Å². The second kappa shape index (κ2) is 8.67. The van der Waals surface area contributed by atoms with Crippen molar-refractivity contribution in [2.24, 2.45) is 11.1 Å². The first-order valence-electron chi connectivity index (χ1n) is 11.9. The molecule has 2 aliphatic carbocycles. The summed E-state index contributed by atoms with van der Waals surface area (Å²) in [5, 5.41) is 12.4. The fourth-order valence-corrected chi connectivity index (χ4v) is 4.91. The van der Waals surface area contributed by atoms with Crippen LogP contribution in [0.5, 0.6) is 0 Å². The number of anilines is 2. The van der Waals surface area contributed by atoms with E-state index in [0.717, 1.165) is 41.9 Å². The molecule has 0 aliphatic heterocycles. The van der Waals surface area contributed by atoms with Crippen molar-refractivity contribution in [2.75, 3.05) is 45.1 Å². The Morgan fingerprint density at radius 2 is 1.62 bits per heavy atom. The van der Waals surface area contributed by atoms with Gasteiger partial charge < -0.3 is 14.6 Å². The minimum absolute atomic E-state index is 0.313. The first kappa shape index (κ1) is 22.3. The van der Waals surface area contributed by atoms with E-state index in [1.807, 2.05) is 0 Å². The van der Waals surface area contributed by atoms with Gasteiger partial charge in [0.25, 0.3) is 0 Å². The summed E-state index contributed by atoms with van der Waals surface area (Å²) in [5.41, 5.74) is 8.74. The van der Waals surface area contributed by atoms with Crippen molar-refractivity contribution >= 4 is 23.2 Å². The lowest BCUT2D eigenvalue weighted by molar-refractivity contribution is 0.212. The number of rotatable bonds is 7. The van der Waals surface area contributed by atoms with Gasteiger partial charge in [0, 0.05) is 68.6 Å². The van der Waals surface area contributed by atoms with Crippen LogP contribution in [0.2, 0.25) is 0 Å². The third-order valence-electron chi connectivity index (χ3n) is 7.02. The molecule has 176 valence electrons. The van der Waals surface area contributed by atoms with Crippen LogP contribution in [-0.2, 0) is 16.7 Å². The largest absolute Gasteiger partial charge is 0.399 e. The van der Waals surface area contributed by atoms with Crippen molar-refractivity contribution in [1.82, 2.24) is 10.2 Å². The molecule has 0 bridgehead atoms. The standard InChI is InChI=1S/C28H33N5O/c1-32(2)22-10-6-8-20(16-22)28(21-9-7-11-23(17-21)33(3)4)15-14-24-25(18-28)29-30-27(24)26(31-34-5)19-12-13-19/h6-11,14-17,19H,12-13,18H2,1-5H3,(H,29,30). The summed E-state index contributed by atoms with van der Waals surface area (Å²) in [7, 11) is 9.95. The number of hydrogen-bond acceptors (Lipinski definition) is 5. The molecule has 1 N–H and O–H groups in total. The summed E-state index contributed by atoms with van der Waals surface area (Å²) in [6.45, 7) is 0. The number of nitrogens with zero attached hydrogens (tertiary/aromatic N) is 4. The number of allylic oxidation sites excluding steroid dienone is 1. The Hall–Kier alpha value is -3.54. The molecule has 2 aliphatic rings. The van der Waals surface area contributed by atoms with E-state index in [-0.39, 0.29) is 5.41 Å². The molecule has 2 aromatic carbocycles. The van der Waals surface area contributed by atoms with E-state index >= 15 is 0 Å². The van der Waals surface area contributed by atoms with E-state index in [2.05, 4.69) is 109 Å². The predicted octanol–water partition coefficient (Wildman–Crippen LogP) is 4.86. The van der Waals surface area contributed by atoms with Crippen LogP contribution in [0.25, 0.3) is 6.08 Å². The van der Waals surface area contributed by atoms with Crippen LogP contribution in [0.3, 0.4) is 0 Å². The van der Waals surface area contributed by atoms with Crippen LogP contribution < -0.4 is 9.80 Å². The van der Waals surface area contributed by atoms with Gasteiger partial charge in [0.15, 0.2) is 0 Å². The lowest BCUT2D eigenvalue weighted by atomic mass is 9.68. The first-order chi connectivity index (χ1) is 16.4. The number of H-pyrrole nitrogens is 1. The topological polar surface area (TPSA) is 56.8 Å². The number of aromatic nitrogens is 2. The van der Waals surface area contributed by atoms with Gasteiger partial charge in [-0.2, -0.15) is 5.10 Å². The van der Waals surface area contributed by atoms with Gasteiger partial charge in [0.05, 0.1) is 0 Å². The van der Waals surface area contributed by atoms with Crippen LogP contribution in [0, 0.1) is 5.92 Å². The summed E-state index contributed by atoms with van der Waals surface area (Å²) < 4.78 is 0. The average Bonchev–Trinajstić information content (AvgIpc) is 3.61. The number of oxime groups is 1. The average molecular weight is 456 g/mol. The molecular weight excluding hydrogens is 422 g/mol. The molecule has 3 aromatic rings. The van der Waals surface area contributed by atoms with Gasteiger partial charge >= 0.3 is 0 Å². The Morgan fingerprint density at radius 3 is 2.15 bits per heavy atom. The zero-order valence-electron chi connectivity index (χ0n) is 20.7. The number of hydrogen-bond donors (Lipinski definition) is 1. The quantitative estimate of drug-likeness (QED) is 0.408. The SMILES string of the molecule is CON=C(c1n[nH]c2c1C=CC(c1cccc(N(C)C)c1)(c1cccc(N(C)C)c1)C2)C1CC1. The van der Waals surface area contributed by atoms with Crippen molar-refractivity contribution in [2.45, 2.75) is 24.7 Å². The third-order valence-corrected chi connectivity index (χ3v) is 7.02. The summed E-state index contributed by atoms with van der Waals surface area (Å²) >= 11 is 0. The number of fused-ring (bicyclic) bond motifs is 1. The molecular formula is C28H33N5O. The molecule has 0 amide bonds. The predicted molar refractivity (Wildman–Crippen MR) is 140 cm³/mol. The normalized spacial score (nSPS) is 16.8. The van der Waals surface area contributed by atoms with E-state index in [4.69, 9.17) is 9.94 Å². The van der Waals surface area contributed by atoms with E-state index in [0.29, 0.717) is 5.92 Å². The van der Waals surface area contributed by atoms with Gasteiger partial charge in [-0.05, 0) is 48.2 Å². The summed E-state index contributed by atoms with van der Waals surface area (Å²) in [4.78, 5) is 9.48. The van der Waals surface area contributed by atoms with Gasteiger partial charge in [0.2, 0.25) is 0 Å². The summed E-state index contributed by atoms with van der Waals surface area (Å²) in [5.74, 6) is 0.445. The monoisotopic (exact) mass is 455 g/mol. The smallest absolute Gasteiger partial charge is 0.117 e. The molecule has 0 unspecified atom stereocenters. The lowest BCUT2D eigenvalue weighted by Gasteiger charge is -2.35. The van der Waals surface area contributed by atoms with Crippen molar-refractivity contribution < 1.29 is 4.84 Å². The zero-order chi connectivity index (χ0) is 23.9. The molecule has 5 rings (SSSR count). The first-order valence-corrected chi connectivity index (χ1v) is 11.9. The van der Waals surface area contributed by atoms with Crippen molar-refractivity contribution in [1.29, 1.82) is 0 Å². The number of aromatic amines is 1. The molecule has 34 heavy (non-hydrogen) atoms. The van der Waals surface area contributed by atoms with Crippen LogP contribution in [0.15, 0.2) is 59.8 Å². The van der Waals surface area contributed by atoms with E-state index in [1.165, 1.54) is 22.5 Å². The van der Waals surface area contributed by atoms with Crippen molar-refractivity contribution in [3.8, 4) is 0 Å². The molecule has 1 fully saturated rings. The Kier molecular flexibility index (Phi) is 5.68. The highest BCUT2D eigenvalue weighted by Crippen LogP contribution is 2.44. The highest BCUT2D eigenvalue weighted by molar-refractivity contribution is 6.04. The minimum Gasteiger partial charge on any atom is -0.399 e. The van der Waals surface area contributed by atoms with Crippen LogP contribution in [0.1, 0.15) is 40.9 Å².